The van der Waals surface area contributed by atoms with Gasteiger partial charge in [0.25, 0.3) is 5.96 Å². The molecule has 2 heterocycles. The number of hydrogen-bond donors (Lipinski definition) is 3. The number of anilines is 1. The smallest absolute Gasteiger partial charge is 0.387 e. The van der Waals surface area contributed by atoms with Crippen molar-refractivity contribution in [3.63, 3.8) is 0 Å². The van der Waals surface area contributed by atoms with Crippen LogP contribution in [0.3, 0.4) is 0 Å². The SMILES string of the molecule is CNC(=N[N+](=O)[O-])NCc1cnc(Cl)s1.O=C(Nc1ccc(Cl)cc1)N1CC(c2ccccc2)C(c2ccc(OC(F)F)cc2)=N1. The molecule has 0 fully saturated rings. The minimum Gasteiger partial charge on any atom is -0.435 e. The topological polar surface area (TPSA) is 146 Å². The van der Waals surface area contributed by atoms with E-state index in [9.17, 15) is 23.7 Å². The summed E-state index contributed by atoms with van der Waals surface area (Å²) in [5, 5.41) is 27.0. The zero-order valence-corrected chi connectivity index (χ0v) is 26.3. The Bertz CT molecular complexity index is 1680. The molecule has 3 N–H and O–H groups in total. The average molecular weight is 692 g/mol. The third kappa shape index (κ3) is 10.1. The van der Waals surface area contributed by atoms with E-state index in [1.54, 1.807) is 42.6 Å². The van der Waals surface area contributed by atoms with Crippen LogP contribution in [-0.4, -0.2) is 52.9 Å². The number of amides is 2. The van der Waals surface area contributed by atoms with Crippen LogP contribution in [0.5, 0.6) is 5.75 Å². The molecule has 0 bridgehead atoms. The van der Waals surface area contributed by atoms with E-state index in [1.807, 2.05) is 30.3 Å². The van der Waals surface area contributed by atoms with Crippen LogP contribution in [0.2, 0.25) is 9.49 Å². The molecule has 17 heteroatoms. The van der Waals surface area contributed by atoms with Crippen molar-refractivity contribution < 1.29 is 23.3 Å². The second-order valence-corrected chi connectivity index (χ2v) is 11.4. The number of hydrogen-bond acceptors (Lipinski definition) is 7. The Kier molecular flexibility index (Phi) is 12.2. The molecule has 1 aliphatic rings. The van der Waals surface area contributed by atoms with Gasteiger partial charge in [0.1, 0.15) is 10.9 Å². The third-order valence-corrected chi connectivity index (χ3v) is 7.56. The van der Waals surface area contributed by atoms with Gasteiger partial charge < -0.3 is 20.7 Å². The Hall–Kier alpha value is -4.86. The van der Waals surface area contributed by atoms with Crippen molar-refractivity contribution >= 4 is 57.9 Å². The summed E-state index contributed by atoms with van der Waals surface area (Å²) in [5.41, 5.74) is 2.98. The average Bonchev–Trinajstić information content (AvgIpc) is 3.68. The van der Waals surface area contributed by atoms with Gasteiger partial charge >= 0.3 is 12.6 Å². The number of benzene rings is 3. The minimum atomic E-state index is -2.89. The van der Waals surface area contributed by atoms with Crippen molar-refractivity contribution in [2.45, 2.75) is 19.1 Å². The molecule has 0 spiro atoms. The van der Waals surface area contributed by atoms with Gasteiger partial charge in [0.15, 0.2) is 9.50 Å². The highest BCUT2D eigenvalue weighted by atomic mass is 35.5. The number of thiazole rings is 1. The number of ether oxygens (including phenoxy) is 1. The fraction of sp³-hybridized carbons (Fsp3) is 0.172. The lowest BCUT2D eigenvalue weighted by atomic mass is 9.90. The summed E-state index contributed by atoms with van der Waals surface area (Å²) in [4.78, 5) is 27.6. The van der Waals surface area contributed by atoms with E-state index in [0.29, 0.717) is 34.0 Å². The van der Waals surface area contributed by atoms with Crippen molar-refractivity contribution in [2.75, 3.05) is 18.9 Å². The highest BCUT2D eigenvalue weighted by molar-refractivity contribution is 7.15. The van der Waals surface area contributed by atoms with Crippen molar-refractivity contribution in [3.8, 4) is 5.75 Å². The van der Waals surface area contributed by atoms with Gasteiger partial charge in [-0.1, -0.05) is 53.5 Å². The number of halogens is 4. The van der Waals surface area contributed by atoms with E-state index in [4.69, 9.17) is 23.2 Å². The Morgan fingerprint density at radius 2 is 1.83 bits per heavy atom. The standard InChI is InChI=1S/C23H18ClF2N3O2.C6H8ClN5O2S/c24-17-8-10-18(11-9-17)27-23(30)29-14-20(15-4-2-1-3-5-15)21(28-29)16-6-12-19(13-7-16)31-22(25)26;1-8-6(11-12(13)14)10-3-4-2-9-5(7)15-4/h1-13,20,22H,14H2,(H,27,30);2H,3H2,1H3,(H2,8,10,11). The predicted molar refractivity (Wildman–Crippen MR) is 173 cm³/mol. The van der Waals surface area contributed by atoms with Crippen LogP contribution in [0, 0.1) is 10.1 Å². The number of carbonyl (C=O) groups excluding carboxylic acids is 1. The molecule has 1 aliphatic heterocycles. The summed E-state index contributed by atoms with van der Waals surface area (Å²) < 4.78 is 29.7. The van der Waals surface area contributed by atoms with Crippen LogP contribution in [0.15, 0.2) is 95.3 Å². The van der Waals surface area contributed by atoms with E-state index in [-0.39, 0.29) is 23.7 Å². The van der Waals surface area contributed by atoms with Crippen molar-refractivity contribution in [2.24, 2.45) is 10.2 Å². The van der Waals surface area contributed by atoms with Crippen LogP contribution in [0.25, 0.3) is 0 Å². The number of nitro groups is 1. The molecule has 3 aromatic carbocycles. The molecule has 4 aromatic rings. The number of nitrogens with one attached hydrogen (secondary N) is 3. The second kappa shape index (κ2) is 16.5. The van der Waals surface area contributed by atoms with Gasteiger partial charge in [-0.15, -0.1) is 11.3 Å². The molecule has 0 saturated heterocycles. The lowest BCUT2D eigenvalue weighted by molar-refractivity contribution is -0.485. The first-order valence-corrected chi connectivity index (χ1v) is 15.0. The molecule has 1 unspecified atom stereocenters. The highest BCUT2D eigenvalue weighted by Crippen LogP contribution is 2.30. The minimum absolute atomic E-state index is 0.0611. The quantitative estimate of drug-likeness (QED) is 0.0814. The van der Waals surface area contributed by atoms with Gasteiger partial charge in [-0.3, -0.25) is 0 Å². The van der Waals surface area contributed by atoms with E-state index < -0.39 is 11.6 Å². The van der Waals surface area contributed by atoms with Gasteiger partial charge in [-0.25, -0.2) is 24.9 Å². The molecule has 2 amide bonds. The molecule has 0 saturated carbocycles. The Labute approximate surface area is 275 Å². The first-order valence-electron chi connectivity index (χ1n) is 13.4. The summed E-state index contributed by atoms with van der Waals surface area (Å²) in [6.07, 6.45) is 1.60. The summed E-state index contributed by atoms with van der Waals surface area (Å²) >= 11 is 12.8. The number of nitrogens with zero attached hydrogens (tertiary/aromatic N) is 5. The Morgan fingerprint density at radius 1 is 1.13 bits per heavy atom. The van der Waals surface area contributed by atoms with Crippen molar-refractivity contribution in [1.82, 2.24) is 20.6 Å². The normalized spacial score (nSPS) is 14.2. The fourth-order valence-electron chi connectivity index (χ4n) is 4.16. The van der Waals surface area contributed by atoms with Crippen LogP contribution < -0.4 is 20.7 Å². The van der Waals surface area contributed by atoms with E-state index in [2.05, 4.69) is 35.9 Å². The fourth-order valence-corrected chi connectivity index (χ4v) is 5.20. The van der Waals surface area contributed by atoms with E-state index in [1.165, 1.54) is 35.5 Å². The van der Waals surface area contributed by atoms with E-state index >= 15 is 0 Å². The molecular formula is C29H26Cl2F2N8O4S. The van der Waals surface area contributed by atoms with Gasteiger partial charge in [-0.05, 0) is 59.7 Å². The number of urea groups is 1. The second-order valence-electron chi connectivity index (χ2n) is 9.24. The lowest BCUT2D eigenvalue weighted by Crippen LogP contribution is -2.34. The third-order valence-electron chi connectivity index (χ3n) is 6.20. The molecule has 5 rings (SSSR count). The molecule has 0 radical (unpaired) electrons. The van der Waals surface area contributed by atoms with Gasteiger partial charge in [0, 0.05) is 34.7 Å². The summed E-state index contributed by atoms with van der Waals surface area (Å²) in [7, 11) is 1.54. The molecule has 12 nitrogen and oxygen atoms in total. The number of alkyl halides is 2. The monoisotopic (exact) mass is 690 g/mol. The van der Waals surface area contributed by atoms with Crippen LogP contribution in [-0.2, 0) is 6.54 Å². The summed E-state index contributed by atoms with van der Waals surface area (Å²) in [6, 6.07) is 22.3. The van der Waals surface area contributed by atoms with E-state index in [0.717, 1.165) is 16.0 Å². The van der Waals surface area contributed by atoms with Crippen LogP contribution in [0.1, 0.15) is 21.9 Å². The van der Waals surface area contributed by atoms with Crippen molar-refractivity contribution in [3.05, 3.63) is 121 Å². The number of aromatic nitrogens is 1. The Balaban J connectivity index is 0.000000270. The largest absolute Gasteiger partial charge is 0.435 e. The van der Waals surface area contributed by atoms with Crippen molar-refractivity contribution in [1.29, 1.82) is 0 Å². The molecule has 46 heavy (non-hydrogen) atoms. The van der Waals surface area contributed by atoms with Gasteiger partial charge in [0.05, 0.1) is 18.8 Å². The number of carbonyl (C=O) groups is 1. The number of guanidine groups is 1. The molecule has 240 valence electrons. The number of hydrazone groups is 2. The summed E-state index contributed by atoms with van der Waals surface area (Å²) in [5.74, 6) is -0.0190. The van der Waals surface area contributed by atoms with Gasteiger partial charge in [0.2, 0.25) is 0 Å². The zero-order chi connectivity index (χ0) is 33.1. The molecule has 1 aromatic heterocycles. The predicted octanol–water partition coefficient (Wildman–Crippen LogP) is 6.63. The summed E-state index contributed by atoms with van der Waals surface area (Å²) in [6.45, 7) is -2.16. The number of rotatable bonds is 8. The zero-order valence-electron chi connectivity index (χ0n) is 23.9. The first-order chi connectivity index (χ1) is 22.1. The lowest BCUT2D eigenvalue weighted by Gasteiger charge is -2.16. The molecular weight excluding hydrogens is 665 g/mol. The highest BCUT2D eigenvalue weighted by Gasteiger charge is 2.32. The van der Waals surface area contributed by atoms with Gasteiger partial charge in [-0.2, -0.15) is 13.9 Å². The maximum Gasteiger partial charge on any atom is 0.387 e. The van der Waals surface area contributed by atoms with Crippen LogP contribution in [0.4, 0.5) is 19.3 Å². The maximum absolute atomic E-state index is 12.8. The van der Waals surface area contributed by atoms with Crippen LogP contribution >= 0.6 is 34.5 Å². The maximum atomic E-state index is 12.8. The Morgan fingerprint density at radius 3 is 2.41 bits per heavy atom. The molecule has 0 aliphatic carbocycles. The molecule has 1 atom stereocenters. The first kappa shape index (κ1) is 34.0.